The van der Waals surface area contributed by atoms with E-state index in [4.69, 9.17) is 10.5 Å². The standard InChI is InChI=1S/C15H20FNO3/c16-12-5-3-4-11(8-12)15(10-17,14(18)19)9-13-6-1-2-7-20-13/h3-5,8,13H,1-2,6-7,9-10,17H2,(H,18,19). The van der Waals surface area contributed by atoms with Crippen molar-refractivity contribution in [2.75, 3.05) is 13.2 Å². The van der Waals surface area contributed by atoms with Crippen molar-refractivity contribution in [3.05, 3.63) is 35.6 Å². The van der Waals surface area contributed by atoms with Crippen LogP contribution in [-0.4, -0.2) is 30.3 Å². The molecule has 1 saturated heterocycles. The zero-order valence-electron chi connectivity index (χ0n) is 11.3. The Morgan fingerprint density at radius 2 is 2.30 bits per heavy atom. The van der Waals surface area contributed by atoms with Crippen molar-refractivity contribution in [1.29, 1.82) is 0 Å². The SMILES string of the molecule is NCC(CC1CCCCO1)(C(=O)O)c1cccc(F)c1. The summed E-state index contributed by atoms with van der Waals surface area (Å²) in [4.78, 5) is 11.8. The Hall–Kier alpha value is -1.46. The fourth-order valence-corrected chi connectivity index (χ4v) is 2.76. The molecule has 1 fully saturated rings. The molecule has 0 bridgehead atoms. The Morgan fingerprint density at radius 3 is 2.85 bits per heavy atom. The minimum Gasteiger partial charge on any atom is -0.481 e. The van der Waals surface area contributed by atoms with Crippen LogP contribution in [0.2, 0.25) is 0 Å². The van der Waals surface area contributed by atoms with Gasteiger partial charge in [-0.2, -0.15) is 0 Å². The van der Waals surface area contributed by atoms with E-state index in [1.165, 1.54) is 18.2 Å². The van der Waals surface area contributed by atoms with Crippen molar-refractivity contribution in [3.63, 3.8) is 0 Å². The fraction of sp³-hybridized carbons (Fsp3) is 0.533. The lowest BCUT2D eigenvalue weighted by atomic mass is 9.75. The van der Waals surface area contributed by atoms with Gasteiger partial charge < -0.3 is 15.6 Å². The highest BCUT2D eigenvalue weighted by Gasteiger charge is 2.42. The van der Waals surface area contributed by atoms with Crippen molar-refractivity contribution in [1.82, 2.24) is 0 Å². The third-order valence-corrected chi connectivity index (χ3v) is 3.99. The Kier molecular flexibility index (Phi) is 4.73. The van der Waals surface area contributed by atoms with E-state index in [1.54, 1.807) is 6.07 Å². The summed E-state index contributed by atoms with van der Waals surface area (Å²) in [6.07, 6.45) is 2.99. The van der Waals surface area contributed by atoms with Crippen LogP contribution in [-0.2, 0) is 14.9 Å². The van der Waals surface area contributed by atoms with E-state index < -0.39 is 17.2 Å². The second kappa shape index (κ2) is 6.33. The van der Waals surface area contributed by atoms with Crippen LogP contribution in [0.3, 0.4) is 0 Å². The van der Waals surface area contributed by atoms with Gasteiger partial charge in [0.05, 0.1) is 6.10 Å². The van der Waals surface area contributed by atoms with Gasteiger partial charge in [0.25, 0.3) is 0 Å². The summed E-state index contributed by atoms with van der Waals surface area (Å²) in [7, 11) is 0. The fourth-order valence-electron chi connectivity index (χ4n) is 2.76. The van der Waals surface area contributed by atoms with Gasteiger partial charge in [0.15, 0.2) is 0 Å². The molecule has 1 aliphatic rings. The molecule has 0 amide bonds. The third-order valence-electron chi connectivity index (χ3n) is 3.99. The lowest BCUT2D eigenvalue weighted by Crippen LogP contribution is -2.46. The van der Waals surface area contributed by atoms with Crippen LogP contribution in [0.15, 0.2) is 24.3 Å². The van der Waals surface area contributed by atoms with E-state index in [2.05, 4.69) is 0 Å². The van der Waals surface area contributed by atoms with Gasteiger partial charge in [0.1, 0.15) is 11.2 Å². The molecular formula is C15H20FNO3. The highest BCUT2D eigenvalue weighted by atomic mass is 19.1. The van der Waals surface area contributed by atoms with E-state index in [9.17, 15) is 14.3 Å². The molecule has 4 nitrogen and oxygen atoms in total. The number of halogens is 1. The van der Waals surface area contributed by atoms with E-state index in [0.717, 1.165) is 19.3 Å². The van der Waals surface area contributed by atoms with Crippen molar-refractivity contribution in [3.8, 4) is 0 Å². The highest BCUT2D eigenvalue weighted by molar-refractivity contribution is 5.81. The Labute approximate surface area is 117 Å². The third kappa shape index (κ3) is 2.99. The molecule has 0 radical (unpaired) electrons. The van der Waals surface area contributed by atoms with Crippen molar-refractivity contribution < 1.29 is 19.0 Å². The largest absolute Gasteiger partial charge is 0.481 e. The van der Waals surface area contributed by atoms with Gasteiger partial charge in [0, 0.05) is 13.2 Å². The van der Waals surface area contributed by atoms with E-state index in [-0.39, 0.29) is 19.1 Å². The number of carboxylic acid groups (broad SMARTS) is 1. The Balaban J connectivity index is 2.31. The molecule has 1 aromatic carbocycles. The first-order valence-corrected chi connectivity index (χ1v) is 6.89. The zero-order chi connectivity index (χ0) is 14.6. The topological polar surface area (TPSA) is 72.5 Å². The number of aliphatic carboxylic acids is 1. The first kappa shape index (κ1) is 14.9. The van der Waals surface area contributed by atoms with Gasteiger partial charge in [-0.1, -0.05) is 12.1 Å². The second-order valence-electron chi connectivity index (χ2n) is 5.29. The molecule has 0 spiro atoms. The number of carboxylic acids is 1. The number of hydrogen-bond acceptors (Lipinski definition) is 3. The van der Waals surface area contributed by atoms with Crippen molar-refractivity contribution in [2.45, 2.75) is 37.2 Å². The molecule has 2 atom stereocenters. The molecule has 5 heteroatoms. The predicted molar refractivity (Wildman–Crippen MR) is 73.0 cm³/mol. The molecule has 2 rings (SSSR count). The van der Waals surface area contributed by atoms with Crippen LogP contribution in [0.5, 0.6) is 0 Å². The molecule has 110 valence electrons. The summed E-state index contributed by atoms with van der Waals surface area (Å²) in [5.41, 5.74) is 4.87. The van der Waals surface area contributed by atoms with Crippen LogP contribution >= 0.6 is 0 Å². The summed E-state index contributed by atoms with van der Waals surface area (Å²) in [5, 5.41) is 9.64. The Morgan fingerprint density at radius 1 is 1.50 bits per heavy atom. The summed E-state index contributed by atoms with van der Waals surface area (Å²) < 4.78 is 19.0. The molecule has 1 aliphatic heterocycles. The molecule has 3 N–H and O–H groups in total. The van der Waals surface area contributed by atoms with Gasteiger partial charge in [-0.3, -0.25) is 4.79 Å². The van der Waals surface area contributed by atoms with Gasteiger partial charge in [-0.25, -0.2) is 4.39 Å². The molecule has 1 aromatic rings. The molecule has 2 unspecified atom stereocenters. The lowest BCUT2D eigenvalue weighted by molar-refractivity contribution is -0.145. The molecule has 1 heterocycles. The summed E-state index contributed by atoms with van der Waals surface area (Å²) in [5.74, 6) is -1.48. The molecule has 20 heavy (non-hydrogen) atoms. The number of benzene rings is 1. The summed E-state index contributed by atoms with van der Waals surface area (Å²) in [6.45, 7) is 0.569. The van der Waals surface area contributed by atoms with E-state index in [1.807, 2.05) is 0 Å². The first-order chi connectivity index (χ1) is 9.58. The number of rotatable bonds is 5. The van der Waals surface area contributed by atoms with Crippen molar-refractivity contribution in [2.24, 2.45) is 5.73 Å². The minimum absolute atomic E-state index is 0.0777. The average Bonchev–Trinajstić information content (AvgIpc) is 2.45. The monoisotopic (exact) mass is 281 g/mol. The van der Waals surface area contributed by atoms with Gasteiger partial charge in [0.2, 0.25) is 0 Å². The molecular weight excluding hydrogens is 261 g/mol. The lowest BCUT2D eigenvalue weighted by Gasteiger charge is -2.34. The van der Waals surface area contributed by atoms with Crippen LogP contribution in [0.25, 0.3) is 0 Å². The van der Waals surface area contributed by atoms with Crippen LogP contribution in [0.4, 0.5) is 4.39 Å². The Bertz CT molecular complexity index is 474. The number of ether oxygens (including phenoxy) is 1. The average molecular weight is 281 g/mol. The normalized spacial score (nSPS) is 22.2. The highest BCUT2D eigenvalue weighted by Crippen LogP contribution is 2.33. The maximum absolute atomic E-state index is 13.4. The molecule has 0 aliphatic carbocycles. The van der Waals surface area contributed by atoms with Crippen molar-refractivity contribution >= 4 is 5.97 Å². The van der Waals surface area contributed by atoms with Crippen LogP contribution < -0.4 is 5.73 Å². The smallest absolute Gasteiger partial charge is 0.315 e. The number of carbonyl (C=O) groups is 1. The van der Waals surface area contributed by atoms with Crippen LogP contribution in [0.1, 0.15) is 31.2 Å². The predicted octanol–water partition coefficient (Wildman–Crippen LogP) is 2.07. The van der Waals surface area contributed by atoms with E-state index >= 15 is 0 Å². The van der Waals surface area contributed by atoms with E-state index in [0.29, 0.717) is 12.2 Å². The summed E-state index contributed by atoms with van der Waals surface area (Å²) >= 11 is 0. The second-order valence-corrected chi connectivity index (χ2v) is 5.29. The quantitative estimate of drug-likeness (QED) is 0.866. The number of hydrogen-bond donors (Lipinski definition) is 2. The molecule has 0 aromatic heterocycles. The maximum atomic E-state index is 13.4. The minimum atomic E-state index is -1.29. The van der Waals surface area contributed by atoms with Gasteiger partial charge in [-0.05, 0) is 43.4 Å². The van der Waals surface area contributed by atoms with Crippen LogP contribution in [0, 0.1) is 5.82 Å². The maximum Gasteiger partial charge on any atom is 0.315 e. The number of nitrogens with two attached hydrogens (primary N) is 1. The zero-order valence-corrected chi connectivity index (χ0v) is 11.3. The van der Waals surface area contributed by atoms with Gasteiger partial charge >= 0.3 is 5.97 Å². The first-order valence-electron chi connectivity index (χ1n) is 6.89. The molecule has 0 saturated carbocycles. The summed E-state index contributed by atoms with van der Waals surface area (Å²) in [6, 6.07) is 5.68. The van der Waals surface area contributed by atoms with Gasteiger partial charge in [-0.15, -0.1) is 0 Å².